The van der Waals surface area contributed by atoms with E-state index in [1.54, 1.807) is 0 Å². The second-order valence-corrected chi connectivity index (χ2v) is 4.81. The van der Waals surface area contributed by atoms with E-state index in [0.717, 1.165) is 11.8 Å². The standard InChI is InChI=1S/C12H13BrF4O/c1-7(2-4-13)3-5-18-12-10(16)8(14)6-9(15)11(12)17/h6-7H,2-5H2,1H3. The van der Waals surface area contributed by atoms with E-state index in [2.05, 4.69) is 15.9 Å². The minimum atomic E-state index is -1.50. The van der Waals surface area contributed by atoms with Gasteiger partial charge in [0.2, 0.25) is 11.6 Å². The first kappa shape index (κ1) is 15.3. The van der Waals surface area contributed by atoms with E-state index in [-0.39, 0.29) is 18.6 Å². The lowest BCUT2D eigenvalue weighted by Crippen LogP contribution is -2.08. The lowest BCUT2D eigenvalue weighted by atomic mass is 10.1. The third-order valence-corrected chi connectivity index (χ3v) is 2.99. The van der Waals surface area contributed by atoms with Crippen LogP contribution in [-0.2, 0) is 0 Å². The Morgan fingerprint density at radius 2 is 1.67 bits per heavy atom. The number of benzene rings is 1. The predicted molar refractivity (Wildman–Crippen MR) is 64.0 cm³/mol. The molecule has 102 valence electrons. The Bertz CT molecular complexity index is 385. The average Bonchev–Trinajstić information content (AvgIpc) is 2.31. The highest BCUT2D eigenvalue weighted by Crippen LogP contribution is 2.26. The molecule has 1 atom stereocenters. The van der Waals surface area contributed by atoms with Gasteiger partial charge in [0.05, 0.1) is 6.61 Å². The fourth-order valence-electron chi connectivity index (χ4n) is 1.37. The molecule has 0 radical (unpaired) electrons. The molecule has 1 nitrogen and oxygen atoms in total. The zero-order valence-corrected chi connectivity index (χ0v) is 11.4. The van der Waals surface area contributed by atoms with Crippen LogP contribution in [0.4, 0.5) is 17.6 Å². The maximum Gasteiger partial charge on any atom is 0.203 e. The number of rotatable bonds is 6. The van der Waals surface area contributed by atoms with Gasteiger partial charge in [-0.1, -0.05) is 22.9 Å². The zero-order chi connectivity index (χ0) is 13.7. The minimum Gasteiger partial charge on any atom is -0.487 e. The number of halogens is 5. The van der Waals surface area contributed by atoms with E-state index in [1.165, 1.54) is 0 Å². The van der Waals surface area contributed by atoms with Crippen LogP contribution in [0.1, 0.15) is 19.8 Å². The summed E-state index contributed by atoms with van der Waals surface area (Å²) in [5.41, 5.74) is 0. The van der Waals surface area contributed by atoms with E-state index < -0.39 is 29.0 Å². The summed E-state index contributed by atoms with van der Waals surface area (Å²) in [5, 5.41) is 0.811. The Balaban J connectivity index is 2.67. The molecule has 6 heteroatoms. The number of alkyl halides is 1. The third kappa shape index (κ3) is 3.86. The molecule has 0 aliphatic rings. The van der Waals surface area contributed by atoms with Crippen LogP contribution in [0.25, 0.3) is 0 Å². The van der Waals surface area contributed by atoms with Gasteiger partial charge in [-0.15, -0.1) is 0 Å². The first-order chi connectivity index (χ1) is 8.47. The smallest absolute Gasteiger partial charge is 0.203 e. The average molecular weight is 329 g/mol. The van der Waals surface area contributed by atoms with Crippen LogP contribution in [0.5, 0.6) is 5.75 Å². The Labute approximate surface area is 111 Å². The molecule has 0 aromatic heterocycles. The Morgan fingerprint density at radius 1 is 1.11 bits per heavy atom. The zero-order valence-electron chi connectivity index (χ0n) is 9.78. The van der Waals surface area contributed by atoms with E-state index in [9.17, 15) is 17.6 Å². The lowest BCUT2D eigenvalue weighted by molar-refractivity contribution is 0.248. The fraction of sp³-hybridized carbons (Fsp3) is 0.500. The van der Waals surface area contributed by atoms with Gasteiger partial charge < -0.3 is 4.74 Å². The first-order valence-electron chi connectivity index (χ1n) is 5.49. The van der Waals surface area contributed by atoms with Crippen LogP contribution >= 0.6 is 15.9 Å². The van der Waals surface area contributed by atoms with Gasteiger partial charge >= 0.3 is 0 Å². The molecule has 0 aliphatic heterocycles. The van der Waals surface area contributed by atoms with Crippen LogP contribution in [0.3, 0.4) is 0 Å². The molecule has 1 rings (SSSR count). The molecule has 1 aromatic carbocycles. The Kier molecular flexibility index (Phi) is 5.91. The van der Waals surface area contributed by atoms with Gasteiger partial charge in [-0.25, -0.2) is 8.78 Å². The molecule has 0 saturated heterocycles. The van der Waals surface area contributed by atoms with Crippen LogP contribution in [-0.4, -0.2) is 11.9 Å². The molecule has 0 amide bonds. The molecule has 0 fully saturated rings. The molecule has 18 heavy (non-hydrogen) atoms. The van der Waals surface area contributed by atoms with Crippen molar-refractivity contribution in [2.24, 2.45) is 5.92 Å². The summed E-state index contributed by atoms with van der Waals surface area (Å²) >= 11 is 3.27. The monoisotopic (exact) mass is 328 g/mol. The van der Waals surface area contributed by atoms with Crippen LogP contribution in [0, 0.1) is 29.2 Å². The highest BCUT2D eigenvalue weighted by molar-refractivity contribution is 9.09. The predicted octanol–water partition coefficient (Wildman–Crippen LogP) is 4.43. The summed E-state index contributed by atoms with van der Waals surface area (Å²) in [7, 11) is 0. The van der Waals surface area contributed by atoms with Crippen LogP contribution in [0.15, 0.2) is 6.07 Å². The summed E-state index contributed by atoms with van der Waals surface area (Å²) in [5.74, 6) is -6.62. The van der Waals surface area contributed by atoms with Crippen molar-refractivity contribution in [3.8, 4) is 5.75 Å². The number of hydrogen-bond donors (Lipinski definition) is 0. The SMILES string of the molecule is CC(CCBr)CCOc1c(F)c(F)cc(F)c1F. The molecule has 1 unspecified atom stereocenters. The summed E-state index contributed by atoms with van der Waals surface area (Å²) in [6.45, 7) is 1.95. The second-order valence-electron chi connectivity index (χ2n) is 4.02. The topological polar surface area (TPSA) is 9.23 Å². The van der Waals surface area contributed by atoms with Gasteiger partial charge in [-0.3, -0.25) is 0 Å². The molecule has 0 bridgehead atoms. The van der Waals surface area contributed by atoms with Crippen molar-refractivity contribution in [3.05, 3.63) is 29.3 Å². The van der Waals surface area contributed by atoms with Crippen LogP contribution < -0.4 is 4.74 Å². The Morgan fingerprint density at radius 3 is 2.17 bits per heavy atom. The molecule has 0 N–H and O–H groups in total. The molecular formula is C12H13BrF4O. The minimum absolute atomic E-state index is 0.00486. The fourth-order valence-corrected chi connectivity index (χ4v) is 2.15. The second kappa shape index (κ2) is 6.97. The summed E-state index contributed by atoms with van der Waals surface area (Å²) < 4.78 is 56.9. The number of hydrogen-bond acceptors (Lipinski definition) is 1. The normalized spacial score (nSPS) is 12.6. The first-order valence-corrected chi connectivity index (χ1v) is 6.61. The molecule has 0 spiro atoms. The van der Waals surface area contributed by atoms with Crippen LogP contribution in [0.2, 0.25) is 0 Å². The summed E-state index contributed by atoms with van der Waals surface area (Å²) in [4.78, 5) is 0. The van der Waals surface area contributed by atoms with Crippen molar-refractivity contribution in [1.29, 1.82) is 0 Å². The third-order valence-electron chi connectivity index (χ3n) is 2.53. The van der Waals surface area contributed by atoms with E-state index in [1.807, 2.05) is 6.92 Å². The number of ether oxygens (including phenoxy) is 1. The van der Waals surface area contributed by atoms with E-state index in [0.29, 0.717) is 6.42 Å². The summed E-state index contributed by atoms with van der Waals surface area (Å²) in [6.07, 6.45) is 1.43. The molecule has 0 aliphatic carbocycles. The van der Waals surface area contributed by atoms with Crippen molar-refractivity contribution in [1.82, 2.24) is 0 Å². The van der Waals surface area contributed by atoms with Gasteiger partial charge in [-0.2, -0.15) is 8.78 Å². The van der Waals surface area contributed by atoms with Gasteiger partial charge in [0.15, 0.2) is 17.4 Å². The van der Waals surface area contributed by atoms with Gasteiger partial charge in [-0.05, 0) is 18.8 Å². The van der Waals surface area contributed by atoms with Crippen molar-refractivity contribution in [3.63, 3.8) is 0 Å². The maximum atomic E-state index is 13.2. The molecule has 0 heterocycles. The maximum absolute atomic E-state index is 13.2. The summed E-state index contributed by atoms with van der Waals surface area (Å²) in [6, 6.07) is 0.158. The van der Waals surface area contributed by atoms with Crippen molar-refractivity contribution < 1.29 is 22.3 Å². The van der Waals surface area contributed by atoms with Gasteiger partial charge in [0.25, 0.3) is 0 Å². The van der Waals surface area contributed by atoms with Crippen molar-refractivity contribution in [2.75, 3.05) is 11.9 Å². The Hall–Kier alpha value is -0.780. The van der Waals surface area contributed by atoms with E-state index >= 15 is 0 Å². The molecular weight excluding hydrogens is 316 g/mol. The highest BCUT2D eigenvalue weighted by atomic mass is 79.9. The lowest BCUT2D eigenvalue weighted by Gasteiger charge is -2.12. The molecule has 0 saturated carbocycles. The quantitative estimate of drug-likeness (QED) is 0.426. The van der Waals surface area contributed by atoms with Gasteiger partial charge in [0, 0.05) is 11.4 Å². The van der Waals surface area contributed by atoms with Crippen molar-refractivity contribution >= 4 is 15.9 Å². The molecule has 1 aromatic rings. The largest absolute Gasteiger partial charge is 0.487 e. The van der Waals surface area contributed by atoms with Crippen molar-refractivity contribution in [2.45, 2.75) is 19.8 Å². The highest BCUT2D eigenvalue weighted by Gasteiger charge is 2.20. The van der Waals surface area contributed by atoms with Gasteiger partial charge in [0.1, 0.15) is 0 Å². The van der Waals surface area contributed by atoms with E-state index in [4.69, 9.17) is 4.74 Å².